The second kappa shape index (κ2) is 8.01. The van der Waals surface area contributed by atoms with Gasteiger partial charge in [-0.05, 0) is 48.5 Å². The summed E-state index contributed by atoms with van der Waals surface area (Å²) < 4.78 is 43.5. The molecular formula is C20H19NO5S. The van der Waals surface area contributed by atoms with Crippen molar-refractivity contribution in [2.45, 2.75) is 4.90 Å². The van der Waals surface area contributed by atoms with Crippen molar-refractivity contribution in [2.75, 3.05) is 18.9 Å². The Labute approximate surface area is 158 Å². The lowest BCUT2D eigenvalue weighted by atomic mass is 10.3. The second-order valence-corrected chi connectivity index (χ2v) is 7.27. The zero-order valence-electron chi connectivity index (χ0n) is 14.9. The minimum atomic E-state index is -3.71. The molecule has 0 amide bonds. The highest BCUT2D eigenvalue weighted by molar-refractivity contribution is 7.92. The maximum atomic E-state index is 12.5. The third-order valence-electron chi connectivity index (χ3n) is 3.73. The Balaban J connectivity index is 1.73. The molecule has 140 valence electrons. The van der Waals surface area contributed by atoms with E-state index in [1.165, 1.54) is 19.2 Å². The SMILES string of the molecule is COc1cccc(Oc2ccc(NS(=O)(=O)c3cccc(OC)c3)cc2)c1. The lowest BCUT2D eigenvalue weighted by molar-refractivity contribution is 0.409. The molecule has 0 saturated heterocycles. The topological polar surface area (TPSA) is 73.9 Å². The van der Waals surface area contributed by atoms with Crippen molar-refractivity contribution >= 4 is 15.7 Å². The molecule has 0 saturated carbocycles. The minimum Gasteiger partial charge on any atom is -0.497 e. The van der Waals surface area contributed by atoms with Gasteiger partial charge in [0, 0.05) is 17.8 Å². The Morgan fingerprint density at radius 3 is 1.96 bits per heavy atom. The first-order chi connectivity index (χ1) is 13.0. The summed E-state index contributed by atoms with van der Waals surface area (Å²) in [6.45, 7) is 0. The van der Waals surface area contributed by atoms with Crippen LogP contribution in [0.15, 0.2) is 77.7 Å². The number of benzene rings is 3. The highest BCUT2D eigenvalue weighted by Gasteiger charge is 2.15. The van der Waals surface area contributed by atoms with Gasteiger partial charge in [-0.15, -0.1) is 0 Å². The van der Waals surface area contributed by atoms with E-state index < -0.39 is 10.0 Å². The number of sulfonamides is 1. The summed E-state index contributed by atoms with van der Waals surface area (Å²) in [5.41, 5.74) is 0.427. The lowest BCUT2D eigenvalue weighted by Crippen LogP contribution is -2.12. The van der Waals surface area contributed by atoms with Crippen LogP contribution in [0.1, 0.15) is 0 Å². The maximum Gasteiger partial charge on any atom is 0.262 e. The fraction of sp³-hybridized carbons (Fsp3) is 0.100. The average molecular weight is 385 g/mol. The van der Waals surface area contributed by atoms with Crippen molar-refractivity contribution in [2.24, 2.45) is 0 Å². The number of hydrogen-bond acceptors (Lipinski definition) is 5. The summed E-state index contributed by atoms with van der Waals surface area (Å²) in [4.78, 5) is 0.124. The second-order valence-electron chi connectivity index (χ2n) is 5.59. The van der Waals surface area contributed by atoms with Gasteiger partial charge in [-0.2, -0.15) is 0 Å². The fourth-order valence-corrected chi connectivity index (χ4v) is 3.47. The van der Waals surface area contributed by atoms with E-state index in [2.05, 4.69) is 4.72 Å². The van der Waals surface area contributed by atoms with Crippen molar-refractivity contribution in [1.82, 2.24) is 0 Å². The summed E-state index contributed by atoms with van der Waals surface area (Å²) in [5, 5.41) is 0. The van der Waals surface area contributed by atoms with E-state index in [-0.39, 0.29) is 4.90 Å². The van der Waals surface area contributed by atoms with Crippen LogP contribution in [0.4, 0.5) is 5.69 Å². The molecule has 0 radical (unpaired) electrons. The molecule has 0 bridgehead atoms. The summed E-state index contributed by atoms with van der Waals surface area (Å²) in [6, 6.07) is 20.1. The number of ether oxygens (including phenoxy) is 3. The van der Waals surface area contributed by atoms with Gasteiger partial charge >= 0.3 is 0 Å². The standard InChI is InChI=1S/C20H19NO5S/c1-24-17-5-3-7-19(13-17)26-16-11-9-15(10-12-16)21-27(22,23)20-8-4-6-18(14-20)25-2/h3-14,21H,1-2H3. The molecule has 7 heteroatoms. The highest BCUT2D eigenvalue weighted by Crippen LogP contribution is 2.27. The number of anilines is 1. The van der Waals surface area contributed by atoms with Gasteiger partial charge in [0.2, 0.25) is 0 Å². The van der Waals surface area contributed by atoms with E-state index in [0.717, 1.165) is 0 Å². The molecule has 0 aliphatic heterocycles. The molecule has 0 spiro atoms. The maximum absolute atomic E-state index is 12.5. The first-order valence-electron chi connectivity index (χ1n) is 8.09. The summed E-state index contributed by atoms with van der Waals surface area (Å²) in [6.07, 6.45) is 0. The van der Waals surface area contributed by atoms with Gasteiger partial charge < -0.3 is 14.2 Å². The monoisotopic (exact) mass is 385 g/mol. The van der Waals surface area contributed by atoms with Crippen LogP contribution in [-0.2, 0) is 10.0 Å². The molecule has 1 N–H and O–H groups in total. The first kappa shape index (κ1) is 18.6. The van der Waals surface area contributed by atoms with Crippen LogP contribution in [0, 0.1) is 0 Å². The van der Waals surface area contributed by atoms with Crippen LogP contribution in [0.3, 0.4) is 0 Å². The Morgan fingerprint density at radius 1 is 0.704 bits per heavy atom. The molecule has 27 heavy (non-hydrogen) atoms. The first-order valence-corrected chi connectivity index (χ1v) is 9.57. The summed E-state index contributed by atoms with van der Waals surface area (Å²) in [5.74, 6) is 2.36. The van der Waals surface area contributed by atoms with Crippen LogP contribution >= 0.6 is 0 Å². The van der Waals surface area contributed by atoms with Crippen molar-refractivity contribution in [3.05, 3.63) is 72.8 Å². The summed E-state index contributed by atoms with van der Waals surface area (Å²) >= 11 is 0. The molecule has 0 aliphatic carbocycles. The average Bonchev–Trinajstić information content (AvgIpc) is 2.69. The summed E-state index contributed by atoms with van der Waals surface area (Å²) in [7, 11) is -0.642. The molecule has 3 aromatic rings. The molecule has 0 fully saturated rings. The van der Waals surface area contributed by atoms with E-state index in [0.29, 0.717) is 28.7 Å². The van der Waals surface area contributed by atoms with Crippen LogP contribution in [0.5, 0.6) is 23.0 Å². The number of methoxy groups -OCH3 is 2. The minimum absolute atomic E-state index is 0.124. The van der Waals surface area contributed by atoms with Gasteiger partial charge in [0.05, 0.1) is 19.1 Å². The van der Waals surface area contributed by atoms with E-state index in [1.807, 2.05) is 18.2 Å². The van der Waals surface area contributed by atoms with Gasteiger partial charge in [0.25, 0.3) is 10.0 Å². The largest absolute Gasteiger partial charge is 0.497 e. The van der Waals surface area contributed by atoms with Crippen molar-refractivity contribution in [1.29, 1.82) is 0 Å². The Kier molecular flexibility index (Phi) is 5.52. The smallest absolute Gasteiger partial charge is 0.262 e. The molecular weight excluding hydrogens is 366 g/mol. The quantitative estimate of drug-likeness (QED) is 0.656. The van der Waals surface area contributed by atoms with Crippen LogP contribution < -0.4 is 18.9 Å². The normalized spacial score (nSPS) is 10.9. The van der Waals surface area contributed by atoms with Gasteiger partial charge in [-0.3, -0.25) is 4.72 Å². The van der Waals surface area contributed by atoms with Crippen molar-refractivity contribution in [3.63, 3.8) is 0 Å². The molecule has 3 aromatic carbocycles. The fourth-order valence-electron chi connectivity index (χ4n) is 2.37. The van der Waals surface area contributed by atoms with E-state index in [9.17, 15) is 8.42 Å². The Morgan fingerprint density at radius 2 is 1.30 bits per heavy atom. The van der Waals surface area contributed by atoms with Crippen LogP contribution in [0.2, 0.25) is 0 Å². The molecule has 6 nitrogen and oxygen atoms in total. The Hall–Kier alpha value is -3.19. The third kappa shape index (κ3) is 4.71. The van der Waals surface area contributed by atoms with E-state index in [4.69, 9.17) is 14.2 Å². The molecule has 0 aromatic heterocycles. The molecule has 0 atom stereocenters. The molecule has 3 rings (SSSR count). The zero-order chi connectivity index (χ0) is 19.3. The van der Waals surface area contributed by atoms with Crippen molar-refractivity contribution < 1.29 is 22.6 Å². The lowest BCUT2D eigenvalue weighted by Gasteiger charge is -2.11. The number of rotatable bonds is 7. The third-order valence-corrected chi connectivity index (χ3v) is 5.11. The van der Waals surface area contributed by atoms with Gasteiger partial charge in [-0.25, -0.2) is 8.42 Å². The highest BCUT2D eigenvalue weighted by atomic mass is 32.2. The van der Waals surface area contributed by atoms with Gasteiger partial charge in [-0.1, -0.05) is 12.1 Å². The predicted octanol–water partition coefficient (Wildman–Crippen LogP) is 4.30. The predicted molar refractivity (Wildman–Crippen MR) is 103 cm³/mol. The van der Waals surface area contributed by atoms with Crippen LogP contribution in [-0.4, -0.2) is 22.6 Å². The van der Waals surface area contributed by atoms with Gasteiger partial charge in [0.1, 0.15) is 23.0 Å². The molecule has 0 heterocycles. The van der Waals surface area contributed by atoms with Crippen molar-refractivity contribution in [3.8, 4) is 23.0 Å². The van der Waals surface area contributed by atoms with E-state index in [1.54, 1.807) is 49.6 Å². The number of hydrogen-bond donors (Lipinski definition) is 1. The Bertz CT molecular complexity index is 1020. The molecule has 0 unspecified atom stereocenters. The van der Waals surface area contributed by atoms with Gasteiger partial charge in [0.15, 0.2) is 0 Å². The molecule has 0 aliphatic rings. The van der Waals surface area contributed by atoms with Crippen LogP contribution in [0.25, 0.3) is 0 Å². The van der Waals surface area contributed by atoms with E-state index >= 15 is 0 Å². The number of nitrogens with one attached hydrogen (secondary N) is 1. The zero-order valence-corrected chi connectivity index (χ0v) is 15.7.